The molecule has 2 aliphatic heterocycles. The van der Waals surface area contributed by atoms with Gasteiger partial charge in [0.15, 0.2) is 0 Å². The molecule has 2 unspecified atom stereocenters. The highest BCUT2D eigenvalue weighted by molar-refractivity contribution is 5.92. The fourth-order valence-electron chi connectivity index (χ4n) is 2.64. The molecule has 2 heterocycles. The Kier molecular flexibility index (Phi) is 4.36. The normalized spacial score (nSPS) is 27.8. The first-order valence-corrected chi connectivity index (χ1v) is 6.60. The third kappa shape index (κ3) is 3.23. The maximum atomic E-state index is 12.4. The van der Waals surface area contributed by atoms with E-state index in [9.17, 15) is 14.4 Å². The maximum absolute atomic E-state index is 12.4. The number of aliphatic carboxylic acids is 1. The van der Waals surface area contributed by atoms with Crippen LogP contribution in [0.25, 0.3) is 0 Å². The average Bonchev–Trinajstić information content (AvgIpc) is 2.41. The van der Waals surface area contributed by atoms with E-state index in [2.05, 4.69) is 10.6 Å². The van der Waals surface area contributed by atoms with Crippen LogP contribution in [0.5, 0.6) is 0 Å². The molecule has 0 aromatic rings. The van der Waals surface area contributed by atoms with Crippen molar-refractivity contribution in [3.05, 3.63) is 0 Å². The summed E-state index contributed by atoms with van der Waals surface area (Å²) in [6.45, 7) is 2.29. The molecule has 2 atom stereocenters. The minimum absolute atomic E-state index is 0.103. The second kappa shape index (κ2) is 6.01. The lowest BCUT2D eigenvalue weighted by atomic mass is 9.96. The van der Waals surface area contributed by atoms with Crippen molar-refractivity contribution in [1.29, 1.82) is 0 Å². The van der Waals surface area contributed by atoms with Crippen LogP contribution in [-0.4, -0.2) is 60.0 Å². The minimum atomic E-state index is -1.07. The summed E-state index contributed by atoms with van der Waals surface area (Å²) in [4.78, 5) is 36.4. The van der Waals surface area contributed by atoms with Gasteiger partial charge in [0.25, 0.3) is 0 Å². The second-order valence-electron chi connectivity index (χ2n) is 4.98. The number of carbonyl (C=O) groups is 3. The topological polar surface area (TPSA) is 98.7 Å². The Morgan fingerprint density at radius 1 is 1.37 bits per heavy atom. The molecule has 0 spiro atoms. The number of rotatable bonds is 3. The quantitative estimate of drug-likeness (QED) is 0.597. The molecule has 0 saturated carbocycles. The molecule has 0 bridgehead atoms. The van der Waals surface area contributed by atoms with Crippen molar-refractivity contribution in [1.82, 2.24) is 15.5 Å². The van der Waals surface area contributed by atoms with E-state index >= 15 is 0 Å². The van der Waals surface area contributed by atoms with Gasteiger partial charge in [-0.2, -0.15) is 0 Å². The molecular weight excluding hydrogens is 250 g/mol. The molecule has 2 aliphatic rings. The van der Waals surface area contributed by atoms with E-state index in [4.69, 9.17) is 5.11 Å². The van der Waals surface area contributed by atoms with Crippen LogP contribution in [0.1, 0.15) is 19.3 Å². The molecule has 0 aromatic carbocycles. The van der Waals surface area contributed by atoms with Gasteiger partial charge >= 0.3 is 5.97 Å². The zero-order chi connectivity index (χ0) is 13.8. The third-order valence-corrected chi connectivity index (χ3v) is 3.63. The van der Waals surface area contributed by atoms with Gasteiger partial charge in [-0.3, -0.25) is 14.4 Å². The molecule has 19 heavy (non-hydrogen) atoms. The Morgan fingerprint density at radius 2 is 2.16 bits per heavy atom. The van der Waals surface area contributed by atoms with Gasteiger partial charge in [0.2, 0.25) is 11.8 Å². The number of nitrogens with one attached hydrogen (secondary N) is 2. The first-order chi connectivity index (χ1) is 9.09. The average molecular weight is 269 g/mol. The maximum Gasteiger partial charge on any atom is 0.305 e. The highest BCUT2D eigenvalue weighted by atomic mass is 16.4. The van der Waals surface area contributed by atoms with Crippen LogP contribution in [0.3, 0.4) is 0 Å². The number of piperidine rings is 1. The summed E-state index contributed by atoms with van der Waals surface area (Å²) in [5.74, 6) is -1.68. The van der Waals surface area contributed by atoms with Gasteiger partial charge in [0.1, 0.15) is 6.04 Å². The smallest absolute Gasteiger partial charge is 0.305 e. The molecule has 0 radical (unpaired) electrons. The zero-order valence-corrected chi connectivity index (χ0v) is 10.7. The summed E-state index contributed by atoms with van der Waals surface area (Å²) >= 11 is 0. The zero-order valence-electron chi connectivity index (χ0n) is 10.7. The summed E-state index contributed by atoms with van der Waals surface area (Å²) in [5, 5.41) is 14.6. The van der Waals surface area contributed by atoms with Crippen molar-refractivity contribution in [2.24, 2.45) is 5.92 Å². The Balaban J connectivity index is 2.07. The highest BCUT2D eigenvalue weighted by Gasteiger charge is 2.37. The van der Waals surface area contributed by atoms with Crippen LogP contribution in [-0.2, 0) is 14.4 Å². The molecule has 2 fully saturated rings. The molecular formula is C12H19N3O4. The van der Waals surface area contributed by atoms with Gasteiger partial charge in [-0.15, -0.1) is 0 Å². The van der Waals surface area contributed by atoms with Crippen molar-refractivity contribution in [2.75, 3.05) is 26.2 Å². The van der Waals surface area contributed by atoms with Gasteiger partial charge in [-0.05, 0) is 19.4 Å². The Labute approximate surface area is 111 Å². The summed E-state index contributed by atoms with van der Waals surface area (Å²) in [6.07, 6.45) is 1.39. The highest BCUT2D eigenvalue weighted by Crippen LogP contribution is 2.18. The monoisotopic (exact) mass is 269 g/mol. The van der Waals surface area contributed by atoms with E-state index in [1.54, 1.807) is 0 Å². The lowest BCUT2D eigenvalue weighted by molar-refractivity contribution is -0.150. The lowest BCUT2D eigenvalue weighted by Crippen LogP contribution is -2.59. The van der Waals surface area contributed by atoms with E-state index in [0.29, 0.717) is 19.6 Å². The number of nitrogens with zero attached hydrogens (tertiary/aromatic N) is 1. The van der Waals surface area contributed by atoms with Crippen LogP contribution < -0.4 is 10.6 Å². The van der Waals surface area contributed by atoms with Crippen LogP contribution in [0.4, 0.5) is 0 Å². The number of carbonyl (C=O) groups excluding carboxylic acids is 2. The summed E-state index contributed by atoms with van der Waals surface area (Å²) in [5.41, 5.74) is 0. The number of hydrogen-bond acceptors (Lipinski definition) is 4. The van der Waals surface area contributed by atoms with Crippen molar-refractivity contribution < 1.29 is 19.5 Å². The molecule has 0 aromatic heterocycles. The molecule has 2 amide bonds. The molecule has 106 valence electrons. The Hall–Kier alpha value is -1.63. The van der Waals surface area contributed by atoms with Crippen LogP contribution in [0.2, 0.25) is 0 Å². The molecule has 0 aliphatic carbocycles. The van der Waals surface area contributed by atoms with E-state index in [1.165, 1.54) is 4.90 Å². The largest absolute Gasteiger partial charge is 0.481 e. The van der Waals surface area contributed by atoms with Gasteiger partial charge in [-0.1, -0.05) is 0 Å². The van der Waals surface area contributed by atoms with Crippen molar-refractivity contribution in [2.45, 2.75) is 25.3 Å². The molecule has 7 nitrogen and oxygen atoms in total. The molecule has 3 N–H and O–H groups in total. The fraction of sp³-hybridized carbons (Fsp3) is 0.750. The van der Waals surface area contributed by atoms with Gasteiger partial charge in [0, 0.05) is 19.6 Å². The van der Waals surface area contributed by atoms with Crippen LogP contribution in [0.15, 0.2) is 0 Å². The Bertz CT molecular complexity index is 379. The standard InChI is InChI=1S/C12H19N3O4/c16-10(17)6-9-11(18)14-4-5-15(9)12(19)8-2-1-3-13-7-8/h8-9,13H,1-7H2,(H,14,18)(H,16,17). The molecule has 2 rings (SSSR count). The van der Waals surface area contributed by atoms with E-state index in [-0.39, 0.29) is 24.2 Å². The van der Waals surface area contributed by atoms with Crippen molar-refractivity contribution >= 4 is 17.8 Å². The van der Waals surface area contributed by atoms with E-state index in [0.717, 1.165) is 19.4 Å². The summed E-state index contributed by atoms with van der Waals surface area (Å²) in [6, 6.07) is -0.874. The van der Waals surface area contributed by atoms with Gasteiger partial charge in [-0.25, -0.2) is 0 Å². The molecule has 2 saturated heterocycles. The Morgan fingerprint density at radius 3 is 2.79 bits per heavy atom. The fourth-order valence-corrected chi connectivity index (χ4v) is 2.64. The first kappa shape index (κ1) is 13.8. The van der Waals surface area contributed by atoms with E-state index in [1.807, 2.05) is 0 Å². The van der Waals surface area contributed by atoms with Crippen molar-refractivity contribution in [3.8, 4) is 0 Å². The van der Waals surface area contributed by atoms with Crippen LogP contribution in [0, 0.1) is 5.92 Å². The number of amides is 2. The van der Waals surface area contributed by atoms with Crippen molar-refractivity contribution in [3.63, 3.8) is 0 Å². The van der Waals surface area contributed by atoms with Crippen LogP contribution >= 0.6 is 0 Å². The SMILES string of the molecule is O=C(O)CC1C(=O)NCCN1C(=O)C1CCCNC1. The second-order valence-corrected chi connectivity index (χ2v) is 4.98. The van der Waals surface area contributed by atoms with Gasteiger partial charge in [0.05, 0.1) is 12.3 Å². The molecule has 7 heteroatoms. The van der Waals surface area contributed by atoms with E-state index < -0.39 is 12.0 Å². The number of hydrogen-bond donors (Lipinski definition) is 3. The summed E-state index contributed by atoms with van der Waals surface area (Å²) in [7, 11) is 0. The minimum Gasteiger partial charge on any atom is -0.481 e. The number of carboxylic acid groups (broad SMARTS) is 1. The summed E-state index contributed by atoms with van der Waals surface area (Å²) < 4.78 is 0. The first-order valence-electron chi connectivity index (χ1n) is 6.60. The third-order valence-electron chi connectivity index (χ3n) is 3.63. The predicted molar refractivity (Wildman–Crippen MR) is 66.4 cm³/mol. The number of carboxylic acids is 1. The predicted octanol–water partition coefficient (Wildman–Crippen LogP) is -1.21. The lowest BCUT2D eigenvalue weighted by Gasteiger charge is -2.37. The van der Waals surface area contributed by atoms with Gasteiger partial charge < -0.3 is 20.6 Å². The number of piperazine rings is 1.